The second-order valence-electron chi connectivity index (χ2n) is 3.11. The first-order valence-corrected chi connectivity index (χ1v) is 4.25. The fourth-order valence-corrected chi connectivity index (χ4v) is 1.50. The van der Waals surface area contributed by atoms with E-state index < -0.39 is 5.82 Å². The van der Waals surface area contributed by atoms with Crippen molar-refractivity contribution in [3.8, 4) is 6.07 Å². The SMILES string of the molecule is N#Cc1c(F)cccc1C1CCN1. The minimum atomic E-state index is -0.422. The zero-order chi connectivity index (χ0) is 9.26. The minimum absolute atomic E-state index is 0.172. The summed E-state index contributed by atoms with van der Waals surface area (Å²) in [5.74, 6) is -0.422. The first kappa shape index (κ1) is 8.21. The number of hydrogen-bond acceptors (Lipinski definition) is 2. The zero-order valence-corrected chi connectivity index (χ0v) is 7.05. The third-order valence-corrected chi connectivity index (χ3v) is 2.36. The van der Waals surface area contributed by atoms with Gasteiger partial charge >= 0.3 is 0 Å². The second-order valence-corrected chi connectivity index (χ2v) is 3.11. The van der Waals surface area contributed by atoms with Crippen molar-refractivity contribution in [2.45, 2.75) is 12.5 Å². The lowest BCUT2D eigenvalue weighted by molar-refractivity contribution is 0.381. The van der Waals surface area contributed by atoms with Crippen molar-refractivity contribution < 1.29 is 4.39 Å². The van der Waals surface area contributed by atoms with Gasteiger partial charge in [-0.25, -0.2) is 4.39 Å². The first-order valence-electron chi connectivity index (χ1n) is 4.25. The van der Waals surface area contributed by atoms with Crippen molar-refractivity contribution >= 4 is 0 Å². The van der Waals surface area contributed by atoms with Gasteiger partial charge in [0.15, 0.2) is 0 Å². The van der Waals surface area contributed by atoms with Crippen LogP contribution in [0.1, 0.15) is 23.6 Å². The summed E-state index contributed by atoms with van der Waals surface area (Å²) in [6, 6.07) is 6.84. The van der Waals surface area contributed by atoms with Gasteiger partial charge in [-0.15, -0.1) is 0 Å². The van der Waals surface area contributed by atoms with Crippen LogP contribution < -0.4 is 5.32 Å². The molecule has 66 valence electrons. The van der Waals surface area contributed by atoms with Crippen LogP contribution in [0.4, 0.5) is 4.39 Å². The van der Waals surface area contributed by atoms with Crippen LogP contribution in [-0.4, -0.2) is 6.54 Å². The highest BCUT2D eigenvalue weighted by molar-refractivity contribution is 5.41. The predicted molar refractivity (Wildman–Crippen MR) is 46.5 cm³/mol. The molecule has 0 spiro atoms. The number of nitrogens with one attached hydrogen (secondary N) is 1. The van der Waals surface area contributed by atoms with Crippen LogP contribution in [0.25, 0.3) is 0 Å². The van der Waals surface area contributed by atoms with Gasteiger partial charge in [0.1, 0.15) is 11.9 Å². The van der Waals surface area contributed by atoms with Gasteiger partial charge in [0.25, 0.3) is 0 Å². The molecule has 1 atom stereocenters. The molecule has 0 amide bonds. The van der Waals surface area contributed by atoms with E-state index in [1.165, 1.54) is 6.07 Å². The maximum Gasteiger partial charge on any atom is 0.141 e. The largest absolute Gasteiger partial charge is 0.310 e. The maximum atomic E-state index is 13.1. The van der Waals surface area contributed by atoms with E-state index in [1.807, 2.05) is 6.07 Å². The van der Waals surface area contributed by atoms with E-state index in [9.17, 15) is 4.39 Å². The summed E-state index contributed by atoms with van der Waals surface area (Å²) in [6.45, 7) is 0.950. The van der Waals surface area contributed by atoms with Gasteiger partial charge in [-0.1, -0.05) is 12.1 Å². The monoisotopic (exact) mass is 176 g/mol. The van der Waals surface area contributed by atoms with Crippen molar-refractivity contribution in [3.05, 3.63) is 35.1 Å². The molecule has 1 unspecified atom stereocenters. The van der Waals surface area contributed by atoms with Crippen molar-refractivity contribution in [3.63, 3.8) is 0 Å². The molecule has 2 rings (SSSR count). The van der Waals surface area contributed by atoms with Gasteiger partial charge in [0.2, 0.25) is 0 Å². The van der Waals surface area contributed by atoms with Crippen molar-refractivity contribution in [2.75, 3.05) is 6.54 Å². The van der Waals surface area contributed by atoms with Crippen molar-refractivity contribution in [1.29, 1.82) is 5.26 Å². The summed E-state index contributed by atoms with van der Waals surface area (Å²) in [6.07, 6.45) is 0.984. The van der Waals surface area contributed by atoms with Crippen LogP contribution in [0.3, 0.4) is 0 Å². The Morgan fingerprint density at radius 3 is 2.85 bits per heavy atom. The Labute approximate surface area is 76.0 Å². The molecule has 0 aliphatic carbocycles. The summed E-state index contributed by atoms with van der Waals surface area (Å²) in [5, 5.41) is 11.9. The van der Waals surface area contributed by atoms with E-state index in [4.69, 9.17) is 5.26 Å². The molecule has 1 aliphatic heterocycles. The van der Waals surface area contributed by atoms with Gasteiger partial charge < -0.3 is 5.32 Å². The number of halogens is 1. The van der Waals surface area contributed by atoms with Gasteiger partial charge in [-0.2, -0.15) is 5.26 Å². The second kappa shape index (κ2) is 3.15. The molecule has 1 heterocycles. The fourth-order valence-electron chi connectivity index (χ4n) is 1.50. The van der Waals surface area contributed by atoms with E-state index >= 15 is 0 Å². The fraction of sp³-hybridized carbons (Fsp3) is 0.300. The maximum absolute atomic E-state index is 13.1. The van der Waals surface area contributed by atoms with Crippen LogP contribution in [-0.2, 0) is 0 Å². The molecule has 1 aromatic carbocycles. The summed E-state index contributed by atoms with van der Waals surface area (Å²) in [5.41, 5.74) is 0.966. The summed E-state index contributed by atoms with van der Waals surface area (Å²) in [7, 11) is 0. The average Bonchev–Trinajstić information content (AvgIpc) is 2.01. The normalized spacial score (nSPS) is 20.5. The number of benzene rings is 1. The van der Waals surface area contributed by atoms with Crippen LogP contribution in [0.2, 0.25) is 0 Å². The van der Waals surface area contributed by atoms with E-state index in [0.29, 0.717) is 0 Å². The molecule has 1 aliphatic rings. The zero-order valence-electron chi connectivity index (χ0n) is 7.05. The smallest absolute Gasteiger partial charge is 0.141 e. The molecule has 1 saturated heterocycles. The summed E-state index contributed by atoms with van der Waals surface area (Å²) >= 11 is 0. The van der Waals surface area contributed by atoms with Crippen LogP contribution in [0.15, 0.2) is 18.2 Å². The Morgan fingerprint density at radius 2 is 2.31 bits per heavy atom. The minimum Gasteiger partial charge on any atom is -0.310 e. The highest BCUT2D eigenvalue weighted by Crippen LogP contribution is 2.26. The van der Waals surface area contributed by atoms with Crippen molar-refractivity contribution in [1.82, 2.24) is 5.32 Å². The Kier molecular flexibility index (Phi) is 1.99. The number of nitrogens with zero attached hydrogens (tertiary/aromatic N) is 1. The van der Waals surface area contributed by atoms with Gasteiger partial charge in [-0.3, -0.25) is 0 Å². The van der Waals surface area contributed by atoms with Crippen molar-refractivity contribution in [2.24, 2.45) is 0 Å². The van der Waals surface area contributed by atoms with E-state index in [1.54, 1.807) is 12.1 Å². The lowest BCUT2D eigenvalue weighted by Crippen LogP contribution is -2.35. The number of hydrogen-bond donors (Lipinski definition) is 1. The van der Waals surface area contributed by atoms with Crippen LogP contribution in [0, 0.1) is 17.1 Å². The third-order valence-electron chi connectivity index (χ3n) is 2.36. The van der Waals surface area contributed by atoms with E-state index in [2.05, 4.69) is 5.32 Å². The lowest BCUT2D eigenvalue weighted by atomic mass is 9.94. The third kappa shape index (κ3) is 1.30. The highest BCUT2D eigenvalue weighted by atomic mass is 19.1. The number of nitriles is 1. The molecule has 0 saturated carbocycles. The quantitative estimate of drug-likeness (QED) is 0.707. The summed E-state index contributed by atoms with van der Waals surface area (Å²) < 4.78 is 13.1. The Bertz CT molecular complexity index is 364. The number of rotatable bonds is 1. The predicted octanol–water partition coefficient (Wildman–Crippen LogP) is 1.73. The average molecular weight is 176 g/mol. The van der Waals surface area contributed by atoms with Gasteiger partial charge in [0, 0.05) is 6.04 Å². The molecule has 1 fully saturated rings. The molecule has 13 heavy (non-hydrogen) atoms. The topological polar surface area (TPSA) is 35.8 Å². The molecule has 0 radical (unpaired) electrons. The first-order chi connectivity index (χ1) is 6.33. The molecular weight excluding hydrogens is 167 g/mol. The Balaban J connectivity index is 2.44. The summed E-state index contributed by atoms with van der Waals surface area (Å²) in [4.78, 5) is 0. The Hall–Kier alpha value is -1.40. The van der Waals surface area contributed by atoms with Crippen LogP contribution >= 0.6 is 0 Å². The Morgan fingerprint density at radius 1 is 1.54 bits per heavy atom. The molecular formula is C10H9FN2. The van der Waals surface area contributed by atoms with Gasteiger partial charge in [-0.05, 0) is 24.6 Å². The molecule has 2 nitrogen and oxygen atoms in total. The van der Waals surface area contributed by atoms with E-state index in [0.717, 1.165) is 18.5 Å². The van der Waals surface area contributed by atoms with Gasteiger partial charge in [0.05, 0.1) is 5.56 Å². The molecule has 0 aromatic heterocycles. The van der Waals surface area contributed by atoms with E-state index in [-0.39, 0.29) is 11.6 Å². The molecule has 1 aromatic rings. The standard InChI is InChI=1S/C10H9FN2/c11-9-3-1-2-7(8(9)6-12)10-4-5-13-10/h1-3,10,13H,4-5H2. The highest BCUT2D eigenvalue weighted by Gasteiger charge is 2.22. The molecule has 0 bridgehead atoms. The molecule has 3 heteroatoms. The lowest BCUT2D eigenvalue weighted by Gasteiger charge is -2.28. The van der Waals surface area contributed by atoms with Crippen LogP contribution in [0.5, 0.6) is 0 Å². The molecule has 1 N–H and O–H groups in total.